The minimum Gasteiger partial charge on any atom is -0.306 e. The summed E-state index contributed by atoms with van der Waals surface area (Å²) < 4.78 is 0. The van der Waals surface area contributed by atoms with Gasteiger partial charge in [0.05, 0.1) is 17.3 Å². The van der Waals surface area contributed by atoms with E-state index in [9.17, 15) is 14.9 Å². The Morgan fingerprint density at radius 3 is 2.52 bits per heavy atom. The molecule has 0 unspecified atom stereocenters. The normalized spacial score (nSPS) is 10.5. The summed E-state index contributed by atoms with van der Waals surface area (Å²) in [5.41, 5.74) is 0.658. The van der Waals surface area contributed by atoms with E-state index >= 15 is 0 Å². The molecule has 1 aromatic carbocycles. The van der Waals surface area contributed by atoms with Crippen molar-refractivity contribution in [3.63, 3.8) is 0 Å². The van der Waals surface area contributed by atoms with Crippen LogP contribution in [0.5, 0.6) is 0 Å². The van der Waals surface area contributed by atoms with E-state index in [2.05, 4.69) is 15.3 Å². The second-order valence-electron chi connectivity index (χ2n) is 3.90. The van der Waals surface area contributed by atoms with E-state index in [1.807, 2.05) is 0 Å². The molecule has 21 heavy (non-hydrogen) atoms. The van der Waals surface area contributed by atoms with Crippen molar-refractivity contribution in [2.24, 2.45) is 0 Å². The molecule has 1 aromatic heterocycles. The molecule has 0 fully saturated rings. The van der Waals surface area contributed by atoms with E-state index in [4.69, 9.17) is 11.6 Å². The molecule has 0 spiro atoms. The zero-order valence-corrected chi connectivity index (χ0v) is 11.3. The summed E-state index contributed by atoms with van der Waals surface area (Å²) in [4.78, 5) is 29.3. The van der Waals surface area contributed by atoms with Crippen LogP contribution >= 0.6 is 11.6 Å². The average molecular weight is 305 g/mol. The number of benzene rings is 1. The van der Waals surface area contributed by atoms with Crippen LogP contribution in [0.15, 0.2) is 42.7 Å². The Morgan fingerprint density at radius 1 is 1.24 bits per heavy atom. The summed E-state index contributed by atoms with van der Waals surface area (Å²) in [7, 11) is 0. The highest BCUT2D eigenvalue weighted by Gasteiger charge is 2.03. The first-order chi connectivity index (χ1) is 10.0. The zero-order chi connectivity index (χ0) is 15.2. The van der Waals surface area contributed by atoms with Gasteiger partial charge in [-0.15, -0.1) is 0 Å². The Hall–Kier alpha value is -2.80. The van der Waals surface area contributed by atoms with Gasteiger partial charge in [0.2, 0.25) is 5.91 Å². The van der Waals surface area contributed by atoms with Crippen LogP contribution in [-0.2, 0) is 4.79 Å². The third-order valence-electron chi connectivity index (χ3n) is 2.40. The molecule has 0 aliphatic heterocycles. The molecule has 7 nitrogen and oxygen atoms in total. The number of carbonyl (C=O) groups is 1. The van der Waals surface area contributed by atoms with Crippen molar-refractivity contribution in [2.45, 2.75) is 0 Å². The number of hydrogen-bond donors (Lipinski definition) is 1. The molecule has 1 heterocycles. The largest absolute Gasteiger partial charge is 0.306 e. The van der Waals surface area contributed by atoms with Crippen LogP contribution < -0.4 is 5.32 Å². The van der Waals surface area contributed by atoms with E-state index in [-0.39, 0.29) is 16.7 Å². The third-order valence-corrected chi connectivity index (χ3v) is 2.60. The lowest BCUT2D eigenvalue weighted by Crippen LogP contribution is -2.09. The van der Waals surface area contributed by atoms with Crippen molar-refractivity contribution in [1.82, 2.24) is 9.97 Å². The van der Waals surface area contributed by atoms with Crippen LogP contribution in [-0.4, -0.2) is 20.8 Å². The summed E-state index contributed by atoms with van der Waals surface area (Å²) in [6.45, 7) is 0. The van der Waals surface area contributed by atoms with Crippen LogP contribution in [0.4, 0.5) is 11.5 Å². The fraction of sp³-hybridized carbons (Fsp3) is 0. The zero-order valence-electron chi connectivity index (χ0n) is 10.6. The standard InChI is InChI=1S/C13H9ClN4O3/c14-11-7-16-12(8-15-11)17-13(19)6-3-9-1-4-10(5-2-9)18(20)21/h1-8H,(H,16,17,19)/b6-3+. The van der Waals surface area contributed by atoms with Crippen LogP contribution in [0, 0.1) is 10.1 Å². The number of nitrogens with one attached hydrogen (secondary N) is 1. The number of nitro groups is 1. The van der Waals surface area contributed by atoms with Crippen molar-refractivity contribution in [2.75, 3.05) is 5.32 Å². The number of nitro benzene ring substituents is 1. The molecular formula is C13H9ClN4O3. The number of nitrogens with zero attached hydrogens (tertiary/aromatic N) is 3. The molecule has 0 radical (unpaired) electrons. The van der Waals surface area contributed by atoms with Gasteiger partial charge < -0.3 is 5.32 Å². The lowest BCUT2D eigenvalue weighted by Gasteiger charge is -1.99. The van der Waals surface area contributed by atoms with Gasteiger partial charge in [0.15, 0.2) is 5.82 Å². The van der Waals surface area contributed by atoms with Gasteiger partial charge >= 0.3 is 0 Å². The fourth-order valence-electron chi connectivity index (χ4n) is 1.42. The van der Waals surface area contributed by atoms with Gasteiger partial charge in [-0.05, 0) is 23.8 Å². The lowest BCUT2D eigenvalue weighted by atomic mass is 10.2. The van der Waals surface area contributed by atoms with Crippen molar-refractivity contribution in [3.8, 4) is 0 Å². The number of amides is 1. The number of hydrogen-bond acceptors (Lipinski definition) is 5. The van der Waals surface area contributed by atoms with E-state index in [1.54, 1.807) is 12.1 Å². The second-order valence-corrected chi connectivity index (χ2v) is 4.28. The van der Waals surface area contributed by atoms with Gasteiger partial charge in [0.25, 0.3) is 5.69 Å². The van der Waals surface area contributed by atoms with Crippen molar-refractivity contribution >= 4 is 35.1 Å². The maximum atomic E-state index is 11.6. The highest BCUT2D eigenvalue weighted by molar-refractivity contribution is 6.29. The summed E-state index contributed by atoms with van der Waals surface area (Å²) in [6.07, 6.45) is 5.47. The van der Waals surface area contributed by atoms with Gasteiger partial charge in [-0.3, -0.25) is 14.9 Å². The minimum absolute atomic E-state index is 0.00644. The Kier molecular flexibility index (Phi) is 4.57. The molecule has 0 bridgehead atoms. The summed E-state index contributed by atoms with van der Waals surface area (Å²) >= 11 is 5.58. The number of non-ortho nitro benzene ring substituents is 1. The summed E-state index contributed by atoms with van der Waals surface area (Å²) in [5.74, 6) is -0.122. The topological polar surface area (TPSA) is 98.0 Å². The van der Waals surface area contributed by atoms with Crippen LogP contribution in [0.25, 0.3) is 6.08 Å². The van der Waals surface area contributed by atoms with E-state index in [1.165, 1.54) is 36.7 Å². The Bertz CT molecular complexity index is 684. The van der Waals surface area contributed by atoms with Crippen LogP contribution in [0.1, 0.15) is 5.56 Å². The molecule has 0 aliphatic rings. The molecule has 106 valence electrons. The highest BCUT2D eigenvalue weighted by atomic mass is 35.5. The second kappa shape index (κ2) is 6.58. The van der Waals surface area contributed by atoms with Gasteiger partial charge in [0.1, 0.15) is 5.15 Å². The lowest BCUT2D eigenvalue weighted by molar-refractivity contribution is -0.384. The first-order valence-electron chi connectivity index (χ1n) is 5.75. The number of anilines is 1. The summed E-state index contributed by atoms with van der Waals surface area (Å²) in [5, 5.41) is 13.2. The van der Waals surface area contributed by atoms with Crippen molar-refractivity contribution in [3.05, 3.63) is 63.6 Å². The predicted molar refractivity (Wildman–Crippen MR) is 77.8 cm³/mol. The molecule has 2 aromatic rings. The fourth-order valence-corrected chi connectivity index (χ4v) is 1.52. The Balaban J connectivity index is 1.98. The van der Waals surface area contributed by atoms with Gasteiger partial charge in [-0.1, -0.05) is 11.6 Å². The molecule has 2 rings (SSSR count). The van der Waals surface area contributed by atoms with Gasteiger partial charge in [-0.25, -0.2) is 9.97 Å². The number of halogens is 1. The molecule has 0 atom stereocenters. The minimum atomic E-state index is -0.487. The van der Waals surface area contributed by atoms with E-state index < -0.39 is 10.8 Å². The SMILES string of the molecule is O=C(/C=C/c1ccc([N+](=O)[O-])cc1)Nc1cnc(Cl)cn1. The van der Waals surface area contributed by atoms with Gasteiger partial charge in [-0.2, -0.15) is 0 Å². The molecule has 0 saturated heterocycles. The van der Waals surface area contributed by atoms with Crippen LogP contribution in [0.2, 0.25) is 5.15 Å². The maximum absolute atomic E-state index is 11.6. The Labute approximate surface area is 124 Å². The third kappa shape index (κ3) is 4.36. The number of aromatic nitrogens is 2. The molecule has 0 saturated carbocycles. The van der Waals surface area contributed by atoms with Crippen molar-refractivity contribution in [1.29, 1.82) is 0 Å². The first kappa shape index (κ1) is 14.6. The number of carbonyl (C=O) groups excluding carboxylic acids is 1. The molecule has 0 aliphatic carbocycles. The van der Waals surface area contributed by atoms with E-state index in [0.29, 0.717) is 5.56 Å². The van der Waals surface area contributed by atoms with Crippen molar-refractivity contribution < 1.29 is 9.72 Å². The monoisotopic (exact) mass is 304 g/mol. The smallest absolute Gasteiger partial charge is 0.269 e. The molecule has 1 amide bonds. The predicted octanol–water partition coefficient (Wildman–Crippen LogP) is 2.69. The molecule has 8 heteroatoms. The highest BCUT2D eigenvalue weighted by Crippen LogP contribution is 2.13. The van der Waals surface area contributed by atoms with Crippen LogP contribution in [0.3, 0.4) is 0 Å². The first-order valence-corrected chi connectivity index (χ1v) is 6.13. The Morgan fingerprint density at radius 2 is 1.95 bits per heavy atom. The molecule has 1 N–H and O–H groups in total. The quantitative estimate of drug-likeness (QED) is 0.532. The van der Waals surface area contributed by atoms with Gasteiger partial charge in [0, 0.05) is 18.2 Å². The van der Waals surface area contributed by atoms with E-state index in [0.717, 1.165) is 0 Å². The average Bonchev–Trinajstić information content (AvgIpc) is 2.48. The molecular weight excluding hydrogens is 296 g/mol. The maximum Gasteiger partial charge on any atom is 0.269 e. The summed E-state index contributed by atoms with van der Waals surface area (Å²) in [6, 6.07) is 5.82. The number of rotatable bonds is 4.